The molecule has 18 heavy (non-hydrogen) atoms. The van der Waals surface area contributed by atoms with Crippen LogP contribution >= 0.6 is 0 Å². The summed E-state index contributed by atoms with van der Waals surface area (Å²) < 4.78 is 5.85. The van der Waals surface area contributed by atoms with Crippen molar-refractivity contribution in [1.82, 2.24) is 15.1 Å². The van der Waals surface area contributed by atoms with Crippen LogP contribution in [0.25, 0.3) is 0 Å². The number of hydrogen-bond donors (Lipinski definition) is 1. The lowest BCUT2D eigenvalue weighted by atomic mass is 10.3. The number of nitrogens with zero attached hydrogens (tertiary/aromatic N) is 2. The van der Waals surface area contributed by atoms with Crippen LogP contribution in [0.15, 0.2) is 16.5 Å². The van der Waals surface area contributed by atoms with E-state index in [1.807, 2.05) is 0 Å². The van der Waals surface area contributed by atoms with E-state index in [0.717, 1.165) is 50.8 Å². The van der Waals surface area contributed by atoms with Gasteiger partial charge in [-0.1, -0.05) is 13.8 Å². The van der Waals surface area contributed by atoms with Gasteiger partial charge in [0.1, 0.15) is 11.5 Å². The first kappa shape index (κ1) is 13.6. The number of rotatable bonds is 5. The number of hydrogen-bond acceptors (Lipinski definition) is 4. The van der Waals surface area contributed by atoms with Crippen LogP contribution in [0.4, 0.5) is 0 Å². The molecule has 1 aliphatic rings. The molecular weight excluding hydrogens is 226 g/mol. The van der Waals surface area contributed by atoms with Gasteiger partial charge < -0.3 is 14.6 Å². The molecule has 0 spiro atoms. The van der Waals surface area contributed by atoms with Crippen molar-refractivity contribution in [1.29, 1.82) is 0 Å². The minimum absolute atomic E-state index is 0.496. The lowest BCUT2D eigenvalue weighted by Gasteiger charge is -2.31. The first-order chi connectivity index (χ1) is 8.63. The maximum absolute atomic E-state index is 5.85. The zero-order valence-corrected chi connectivity index (χ0v) is 11.8. The smallest absolute Gasteiger partial charge is 0.118 e. The minimum Gasteiger partial charge on any atom is -0.463 e. The molecule has 4 nitrogen and oxygen atoms in total. The fourth-order valence-electron chi connectivity index (χ4n) is 2.13. The molecule has 1 aromatic heterocycles. The van der Waals surface area contributed by atoms with E-state index in [1.165, 1.54) is 0 Å². The summed E-state index contributed by atoms with van der Waals surface area (Å²) in [5, 5.41) is 3.37. The number of likely N-dealkylation sites (N-methyl/N-ethyl adjacent to an activating group) is 1. The van der Waals surface area contributed by atoms with Crippen molar-refractivity contribution in [3.8, 4) is 0 Å². The molecule has 0 amide bonds. The summed E-state index contributed by atoms with van der Waals surface area (Å²) in [5.41, 5.74) is 0. The van der Waals surface area contributed by atoms with Gasteiger partial charge in [-0.05, 0) is 19.2 Å². The molecule has 0 unspecified atom stereocenters. The van der Waals surface area contributed by atoms with Crippen LogP contribution in [-0.2, 0) is 13.1 Å². The molecule has 1 aliphatic heterocycles. The van der Waals surface area contributed by atoms with Crippen molar-refractivity contribution in [2.75, 3.05) is 33.2 Å². The van der Waals surface area contributed by atoms with E-state index in [9.17, 15) is 0 Å². The highest BCUT2D eigenvalue weighted by molar-refractivity contribution is 5.07. The largest absolute Gasteiger partial charge is 0.463 e. The van der Waals surface area contributed by atoms with Crippen molar-refractivity contribution in [2.24, 2.45) is 0 Å². The standard InChI is InChI=1S/C14H25N3O/c1-12(2)15-10-13-4-5-14(18-13)11-17-8-6-16(3)7-9-17/h4-5,12,15H,6-11H2,1-3H3. The highest BCUT2D eigenvalue weighted by atomic mass is 16.3. The van der Waals surface area contributed by atoms with Crippen LogP contribution in [0, 0.1) is 0 Å². The summed E-state index contributed by atoms with van der Waals surface area (Å²) in [6.07, 6.45) is 0. The average Bonchev–Trinajstić information content (AvgIpc) is 2.77. The van der Waals surface area contributed by atoms with E-state index in [1.54, 1.807) is 0 Å². The number of furan rings is 1. The second-order valence-corrected chi connectivity index (χ2v) is 5.48. The lowest BCUT2D eigenvalue weighted by Crippen LogP contribution is -2.43. The van der Waals surface area contributed by atoms with Crippen LogP contribution in [0.1, 0.15) is 25.4 Å². The average molecular weight is 251 g/mol. The Balaban J connectivity index is 1.79. The quantitative estimate of drug-likeness (QED) is 0.860. The van der Waals surface area contributed by atoms with Gasteiger partial charge in [-0.2, -0.15) is 0 Å². The summed E-state index contributed by atoms with van der Waals surface area (Å²) in [5.74, 6) is 2.12. The Morgan fingerprint density at radius 1 is 1.17 bits per heavy atom. The number of nitrogens with one attached hydrogen (secondary N) is 1. The van der Waals surface area contributed by atoms with E-state index >= 15 is 0 Å². The SMILES string of the molecule is CC(C)NCc1ccc(CN2CCN(C)CC2)o1. The highest BCUT2D eigenvalue weighted by Crippen LogP contribution is 2.12. The van der Waals surface area contributed by atoms with Crippen LogP contribution in [0.5, 0.6) is 0 Å². The molecule has 0 bridgehead atoms. The van der Waals surface area contributed by atoms with Gasteiger partial charge in [-0.15, -0.1) is 0 Å². The molecule has 0 radical (unpaired) electrons. The third kappa shape index (κ3) is 4.12. The highest BCUT2D eigenvalue weighted by Gasteiger charge is 2.15. The van der Waals surface area contributed by atoms with E-state index in [0.29, 0.717) is 6.04 Å². The van der Waals surface area contributed by atoms with Crippen molar-refractivity contribution in [3.05, 3.63) is 23.7 Å². The van der Waals surface area contributed by atoms with Gasteiger partial charge in [0.05, 0.1) is 13.1 Å². The Hall–Kier alpha value is -0.840. The van der Waals surface area contributed by atoms with E-state index in [2.05, 4.69) is 48.1 Å². The molecule has 2 heterocycles. The Kier molecular flexibility index (Phi) is 4.80. The number of piperazine rings is 1. The molecule has 1 fully saturated rings. The van der Waals surface area contributed by atoms with Gasteiger partial charge in [-0.25, -0.2) is 0 Å². The molecule has 0 saturated carbocycles. The fourth-order valence-corrected chi connectivity index (χ4v) is 2.13. The van der Waals surface area contributed by atoms with E-state index in [-0.39, 0.29) is 0 Å². The van der Waals surface area contributed by atoms with Gasteiger partial charge in [0.2, 0.25) is 0 Å². The Labute approximate surface area is 110 Å². The first-order valence-electron chi connectivity index (χ1n) is 6.85. The maximum Gasteiger partial charge on any atom is 0.118 e. The fraction of sp³-hybridized carbons (Fsp3) is 0.714. The van der Waals surface area contributed by atoms with Crippen LogP contribution in [0.3, 0.4) is 0 Å². The van der Waals surface area contributed by atoms with Crippen LogP contribution in [-0.4, -0.2) is 49.1 Å². The normalized spacial score (nSPS) is 18.7. The van der Waals surface area contributed by atoms with Gasteiger partial charge in [-0.3, -0.25) is 4.90 Å². The van der Waals surface area contributed by atoms with E-state index in [4.69, 9.17) is 4.42 Å². The third-order valence-corrected chi connectivity index (χ3v) is 3.38. The molecule has 1 aromatic rings. The van der Waals surface area contributed by atoms with E-state index < -0.39 is 0 Å². The van der Waals surface area contributed by atoms with Crippen molar-refractivity contribution in [2.45, 2.75) is 33.0 Å². The van der Waals surface area contributed by atoms with Crippen LogP contribution in [0.2, 0.25) is 0 Å². The van der Waals surface area contributed by atoms with Gasteiger partial charge >= 0.3 is 0 Å². The Bertz CT molecular complexity index is 354. The molecule has 4 heteroatoms. The molecule has 0 atom stereocenters. The second kappa shape index (κ2) is 6.36. The van der Waals surface area contributed by atoms with Crippen molar-refractivity contribution in [3.63, 3.8) is 0 Å². The first-order valence-corrected chi connectivity index (χ1v) is 6.85. The Morgan fingerprint density at radius 3 is 2.50 bits per heavy atom. The van der Waals surface area contributed by atoms with Gasteiger partial charge in [0.25, 0.3) is 0 Å². The van der Waals surface area contributed by atoms with Crippen molar-refractivity contribution < 1.29 is 4.42 Å². The minimum atomic E-state index is 0.496. The molecule has 1 saturated heterocycles. The summed E-state index contributed by atoms with van der Waals surface area (Å²) >= 11 is 0. The summed E-state index contributed by atoms with van der Waals surface area (Å²) in [6.45, 7) is 10.6. The summed E-state index contributed by atoms with van der Waals surface area (Å²) in [6, 6.07) is 4.69. The van der Waals surface area contributed by atoms with Crippen LogP contribution < -0.4 is 5.32 Å². The predicted octanol–water partition coefficient (Wildman–Crippen LogP) is 1.52. The molecule has 102 valence electrons. The second-order valence-electron chi connectivity index (χ2n) is 5.48. The maximum atomic E-state index is 5.85. The monoisotopic (exact) mass is 251 g/mol. The Morgan fingerprint density at radius 2 is 1.83 bits per heavy atom. The molecule has 0 aromatic carbocycles. The summed E-state index contributed by atoms with van der Waals surface area (Å²) in [7, 11) is 2.18. The molecule has 0 aliphatic carbocycles. The molecule has 1 N–H and O–H groups in total. The predicted molar refractivity (Wildman–Crippen MR) is 73.5 cm³/mol. The zero-order valence-electron chi connectivity index (χ0n) is 11.8. The molecule has 2 rings (SSSR count). The third-order valence-electron chi connectivity index (χ3n) is 3.38. The lowest BCUT2D eigenvalue weighted by molar-refractivity contribution is 0.139. The van der Waals surface area contributed by atoms with Crippen molar-refractivity contribution >= 4 is 0 Å². The van der Waals surface area contributed by atoms with Gasteiger partial charge in [0, 0.05) is 32.2 Å². The molecular formula is C14H25N3O. The summed E-state index contributed by atoms with van der Waals surface area (Å²) in [4.78, 5) is 4.83. The zero-order chi connectivity index (χ0) is 13.0. The topological polar surface area (TPSA) is 31.6 Å². The van der Waals surface area contributed by atoms with Gasteiger partial charge in [0.15, 0.2) is 0 Å².